The first-order chi connectivity index (χ1) is 8.61. The van der Waals surface area contributed by atoms with Gasteiger partial charge in [-0.3, -0.25) is 9.59 Å². The second-order valence-electron chi connectivity index (χ2n) is 3.72. The molecule has 0 unspecified atom stereocenters. The van der Waals surface area contributed by atoms with Gasteiger partial charge in [0.05, 0.1) is 17.1 Å². The first kappa shape index (κ1) is 11.1. The fourth-order valence-corrected chi connectivity index (χ4v) is 2.43. The summed E-state index contributed by atoms with van der Waals surface area (Å²) < 4.78 is 5.89. The highest BCUT2D eigenvalue weighted by molar-refractivity contribution is 9.10. The van der Waals surface area contributed by atoms with Gasteiger partial charge in [0.1, 0.15) is 11.4 Å². The van der Waals surface area contributed by atoms with Gasteiger partial charge in [0.25, 0.3) is 5.91 Å². The number of amides is 2. The molecule has 0 saturated heterocycles. The minimum absolute atomic E-state index is 0.171. The van der Waals surface area contributed by atoms with E-state index in [4.69, 9.17) is 4.74 Å². The largest absolute Gasteiger partial charge is 0.496 e. The van der Waals surface area contributed by atoms with Gasteiger partial charge in [0.2, 0.25) is 0 Å². The van der Waals surface area contributed by atoms with Gasteiger partial charge in [-0.15, -0.1) is 10.2 Å². The minimum atomic E-state index is -0.545. The predicted octanol–water partition coefficient (Wildman–Crippen LogP) is 2.69. The monoisotopic (exact) mass is 307 g/mol. The molecular formula is C11H6BrN3O3. The molecule has 2 aromatic rings. The van der Waals surface area contributed by atoms with Gasteiger partial charge >= 0.3 is 5.91 Å². The van der Waals surface area contributed by atoms with Crippen LogP contribution in [-0.4, -0.2) is 23.9 Å². The van der Waals surface area contributed by atoms with Gasteiger partial charge in [-0.2, -0.15) is 0 Å². The van der Waals surface area contributed by atoms with E-state index in [1.54, 1.807) is 12.1 Å². The molecule has 0 atom stereocenters. The maximum absolute atomic E-state index is 11.7. The topological polar surface area (TPSA) is 83.9 Å². The Balaban J connectivity index is 2.40. The molecule has 18 heavy (non-hydrogen) atoms. The van der Waals surface area contributed by atoms with Crippen LogP contribution in [0.2, 0.25) is 0 Å². The Morgan fingerprint density at radius 2 is 1.94 bits per heavy atom. The Hall–Kier alpha value is -2.02. The summed E-state index contributed by atoms with van der Waals surface area (Å²) in [6, 6.07) is 3.42. The zero-order chi connectivity index (χ0) is 12.9. The van der Waals surface area contributed by atoms with Gasteiger partial charge in [-0.1, -0.05) is 0 Å². The lowest BCUT2D eigenvalue weighted by atomic mass is 10.1. The molecule has 0 bridgehead atoms. The molecule has 0 radical (unpaired) electrons. The van der Waals surface area contributed by atoms with E-state index in [0.29, 0.717) is 16.7 Å². The lowest BCUT2D eigenvalue weighted by Gasteiger charge is -2.04. The molecule has 1 aliphatic rings. The summed E-state index contributed by atoms with van der Waals surface area (Å²) in [5.74, 6) is -0.497. The van der Waals surface area contributed by atoms with E-state index in [1.807, 2.05) is 0 Å². The van der Waals surface area contributed by atoms with Crippen molar-refractivity contribution >= 4 is 38.6 Å². The Kier molecular flexibility index (Phi) is 2.30. The summed E-state index contributed by atoms with van der Waals surface area (Å²) in [7, 11) is 1.53. The Labute approximate surface area is 109 Å². The van der Waals surface area contributed by atoms with Crippen LogP contribution in [0.15, 0.2) is 26.8 Å². The second-order valence-corrected chi connectivity index (χ2v) is 4.57. The van der Waals surface area contributed by atoms with Crippen LogP contribution < -0.4 is 4.74 Å². The van der Waals surface area contributed by atoms with E-state index in [2.05, 4.69) is 31.1 Å². The van der Waals surface area contributed by atoms with E-state index >= 15 is 0 Å². The van der Waals surface area contributed by atoms with Crippen LogP contribution >= 0.6 is 15.9 Å². The summed E-state index contributed by atoms with van der Waals surface area (Å²) in [5, 5.41) is 7.19. The molecule has 0 saturated carbocycles. The molecule has 1 aromatic heterocycles. The third kappa shape index (κ3) is 1.40. The summed E-state index contributed by atoms with van der Waals surface area (Å²) in [6.07, 6.45) is 0. The number of ether oxygens (including phenoxy) is 1. The number of carbonyl (C=O) groups excluding carboxylic acids is 2. The maximum atomic E-state index is 11.7. The van der Waals surface area contributed by atoms with Crippen molar-refractivity contribution in [1.29, 1.82) is 0 Å². The highest BCUT2D eigenvalue weighted by atomic mass is 79.9. The molecule has 7 heteroatoms. The second kappa shape index (κ2) is 3.74. The number of methoxy groups -OCH3 is 1. The lowest BCUT2D eigenvalue weighted by molar-refractivity contribution is 0.0919. The van der Waals surface area contributed by atoms with Crippen LogP contribution in [0.25, 0.3) is 10.9 Å². The molecular weight excluding hydrogens is 302 g/mol. The number of benzene rings is 1. The first-order valence-electron chi connectivity index (χ1n) is 5.01. The number of rotatable bonds is 1. The Morgan fingerprint density at radius 1 is 1.22 bits per heavy atom. The van der Waals surface area contributed by atoms with E-state index in [0.717, 1.165) is 4.47 Å². The van der Waals surface area contributed by atoms with Gasteiger partial charge < -0.3 is 9.72 Å². The summed E-state index contributed by atoms with van der Waals surface area (Å²) >= 11 is 3.34. The molecule has 2 heterocycles. The molecule has 6 nitrogen and oxygen atoms in total. The first-order valence-corrected chi connectivity index (χ1v) is 5.80. The fourth-order valence-electron chi connectivity index (χ4n) is 1.93. The highest BCUT2D eigenvalue weighted by Gasteiger charge is 2.27. The van der Waals surface area contributed by atoms with Gasteiger partial charge in [0, 0.05) is 10.9 Å². The molecule has 1 N–H and O–H groups in total. The summed E-state index contributed by atoms with van der Waals surface area (Å²) in [5.41, 5.74) is 1.07. The minimum Gasteiger partial charge on any atom is -0.496 e. The zero-order valence-electron chi connectivity index (χ0n) is 9.15. The quantitative estimate of drug-likeness (QED) is 0.879. The molecule has 1 aliphatic heterocycles. The van der Waals surface area contributed by atoms with Crippen LogP contribution in [0.1, 0.15) is 20.8 Å². The smallest absolute Gasteiger partial charge is 0.312 e. The van der Waals surface area contributed by atoms with Crippen LogP contribution in [0, 0.1) is 0 Å². The Morgan fingerprint density at radius 3 is 2.67 bits per heavy atom. The van der Waals surface area contributed by atoms with Crippen LogP contribution in [-0.2, 0) is 0 Å². The molecule has 0 fully saturated rings. The number of azo groups is 1. The van der Waals surface area contributed by atoms with Crippen molar-refractivity contribution in [2.75, 3.05) is 7.11 Å². The third-order valence-corrected chi connectivity index (χ3v) is 3.35. The molecule has 90 valence electrons. The average Bonchev–Trinajstić information content (AvgIpc) is 2.72. The van der Waals surface area contributed by atoms with Crippen LogP contribution in [0.3, 0.4) is 0 Å². The summed E-state index contributed by atoms with van der Waals surface area (Å²) in [4.78, 5) is 26.1. The summed E-state index contributed by atoms with van der Waals surface area (Å²) in [6.45, 7) is 0. The fraction of sp³-hybridized carbons (Fsp3) is 0.0909. The van der Waals surface area contributed by atoms with Crippen molar-refractivity contribution in [1.82, 2.24) is 4.98 Å². The van der Waals surface area contributed by atoms with Gasteiger partial charge in [-0.25, -0.2) is 0 Å². The standard InChI is InChI=1S/C11H6BrN3O3/c1-18-7-2-4-6(3-5(7)12)13-9-8(4)10(16)14-15-11(9)17/h2-3,13H,1H3. The predicted molar refractivity (Wildman–Crippen MR) is 66.1 cm³/mol. The van der Waals surface area contributed by atoms with Gasteiger partial charge in [0.15, 0.2) is 0 Å². The van der Waals surface area contributed by atoms with Crippen molar-refractivity contribution in [3.8, 4) is 5.75 Å². The number of nitrogens with zero attached hydrogens (tertiary/aromatic N) is 2. The number of hydrogen-bond acceptors (Lipinski definition) is 3. The van der Waals surface area contributed by atoms with Gasteiger partial charge in [-0.05, 0) is 28.1 Å². The van der Waals surface area contributed by atoms with Crippen molar-refractivity contribution in [3.63, 3.8) is 0 Å². The number of aromatic nitrogens is 1. The SMILES string of the molecule is COc1cc2c3c([nH]c2cc1Br)C(=O)N=NC3=O. The highest BCUT2D eigenvalue weighted by Crippen LogP contribution is 2.34. The molecule has 2 amide bonds. The van der Waals surface area contributed by atoms with Crippen LogP contribution in [0.5, 0.6) is 5.75 Å². The number of hydrogen-bond donors (Lipinski definition) is 1. The number of fused-ring (bicyclic) bond motifs is 3. The van der Waals surface area contributed by atoms with E-state index in [9.17, 15) is 9.59 Å². The number of H-pyrrole nitrogens is 1. The molecule has 3 rings (SSSR count). The van der Waals surface area contributed by atoms with E-state index in [1.165, 1.54) is 7.11 Å². The van der Waals surface area contributed by atoms with Crippen molar-refractivity contribution < 1.29 is 14.3 Å². The molecule has 1 aromatic carbocycles. The number of halogens is 1. The number of aromatic amines is 1. The van der Waals surface area contributed by atoms with Crippen molar-refractivity contribution in [2.45, 2.75) is 0 Å². The normalized spacial score (nSPS) is 14.1. The molecule has 0 spiro atoms. The van der Waals surface area contributed by atoms with E-state index in [-0.39, 0.29) is 11.3 Å². The third-order valence-electron chi connectivity index (χ3n) is 2.73. The number of carbonyl (C=O) groups is 2. The molecule has 0 aliphatic carbocycles. The van der Waals surface area contributed by atoms with Crippen molar-refractivity contribution in [2.24, 2.45) is 10.2 Å². The zero-order valence-corrected chi connectivity index (χ0v) is 10.7. The number of nitrogens with one attached hydrogen (secondary N) is 1. The van der Waals surface area contributed by atoms with Crippen LogP contribution in [0.4, 0.5) is 0 Å². The Bertz CT molecular complexity index is 733. The van der Waals surface area contributed by atoms with Crippen molar-refractivity contribution in [3.05, 3.63) is 27.9 Å². The average molecular weight is 308 g/mol. The maximum Gasteiger partial charge on any atom is 0.312 e. The van der Waals surface area contributed by atoms with E-state index < -0.39 is 11.8 Å². The lowest BCUT2D eigenvalue weighted by Crippen LogP contribution is -2.09.